The fourth-order valence-corrected chi connectivity index (χ4v) is 2.89. The van der Waals surface area contributed by atoms with Gasteiger partial charge in [0.25, 0.3) is 0 Å². The van der Waals surface area contributed by atoms with E-state index in [2.05, 4.69) is 15.6 Å². The molecule has 3 aromatic rings. The van der Waals surface area contributed by atoms with Crippen LogP contribution in [0, 0.1) is 11.7 Å². The van der Waals surface area contributed by atoms with E-state index in [1.165, 1.54) is 12.1 Å². The molecule has 2 N–H and O–H groups in total. The van der Waals surface area contributed by atoms with Crippen LogP contribution in [0.3, 0.4) is 0 Å². The van der Waals surface area contributed by atoms with E-state index in [1.54, 1.807) is 16.7 Å². The predicted molar refractivity (Wildman–Crippen MR) is 106 cm³/mol. The minimum Gasteiger partial charge on any atom is -0.355 e. The maximum absolute atomic E-state index is 13.8. The second-order valence-electron chi connectivity index (χ2n) is 6.83. The van der Waals surface area contributed by atoms with Gasteiger partial charge in [-0.25, -0.2) is 9.37 Å². The first-order valence-corrected chi connectivity index (χ1v) is 9.22. The van der Waals surface area contributed by atoms with Gasteiger partial charge in [-0.15, -0.1) is 0 Å². The fraction of sp³-hybridized carbons (Fsp3) is 0.286. The van der Waals surface area contributed by atoms with Crippen LogP contribution in [0.4, 0.5) is 10.1 Å². The van der Waals surface area contributed by atoms with E-state index in [4.69, 9.17) is 0 Å². The maximum Gasteiger partial charge on any atom is 0.244 e. The molecule has 0 spiro atoms. The number of fused-ring (bicyclic) bond motifs is 1. The Labute approximate surface area is 162 Å². The number of hydrogen-bond acceptors (Lipinski definition) is 3. The van der Waals surface area contributed by atoms with Gasteiger partial charge in [0.15, 0.2) is 0 Å². The maximum atomic E-state index is 13.8. The van der Waals surface area contributed by atoms with Gasteiger partial charge in [-0.1, -0.05) is 38.1 Å². The number of rotatable bonds is 7. The number of imidazole rings is 1. The third-order valence-electron chi connectivity index (χ3n) is 4.36. The zero-order valence-corrected chi connectivity index (χ0v) is 15.9. The lowest BCUT2D eigenvalue weighted by Gasteiger charge is -2.11. The molecule has 146 valence electrons. The molecule has 6 nitrogen and oxygen atoms in total. The zero-order chi connectivity index (χ0) is 20.1. The molecule has 1 heterocycles. The summed E-state index contributed by atoms with van der Waals surface area (Å²) < 4.78 is 15.6. The number of amides is 2. The van der Waals surface area contributed by atoms with Gasteiger partial charge in [0, 0.05) is 18.9 Å². The molecule has 0 aliphatic rings. The highest BCUT2D eigenvalue weighted by atomic mass is 19.1. The van der Waals surface area contributed by atoms with Crippen LogP contribution >= 0.6 is 0 Å². The molecular weight excluding hydrogens is 359 g/mol. The average molecular weight is 382 g/mol. The number of aromatic nitrogens is 2. The SMILES string of the molecule is CC(C)C(=O)NCCc1nc2ccccc2n1CC(=O)Nc1ccccc1F. The molecule has 0 radical (unpaired) electrons. The molecule has 0 atom stereocenters. The van der Waals surface area contributed by atoms with Crippen molar-refractivity contribution in [3.05, 3.63) is 60.2 Å². The van der Waals surface area contributed by atoms with Crippen molar-refractivity contribution < 1.29 is 14.0 Å². The van der Waals surface area contributed by atoms with Crippen LogP contribution in [-0.4, -0.2) is 27.9 Å². The van der Waals surface area contributed by atoms with Crippen molar-refractivity contribution in [2.45, 2.75) is 26.8 Å². The van der Waals surface area contributed by atoms with Crippen LogP contribution in [0.2, 0.25) is 0 Å². The minimum atomic E-state index is -0.483. The Morgan fingerprint density at radius 1 is 1.11 bits per heavy atom. The monoisotopic (exact) mass is 382 g/mol. The average Bonchev–Trinajstić information content (AvgIpc) is 3.01. The molecule has 7 heteroatoms. The standard InChI is InChI=1S/C21H23FN4O2/c1-14(2)21(28)23-12-11-19-24-17-9-5-6-10-18(17)26(19)13-20(27)25-16-8-4-3-7-15(16)22/h3-10,14H,11-13H2,1-2H3,(H,23,28)(H,25,27). The number of benzene rings is 2. The lowest BCUT2D eigenvalue weighted by molar-refractivity contribution is -0.124. The second kappa shape index (κ2) is 8.65. The molecule has 1 aromatic heterocycles. The van der Waals surface area contributed by atoms with E-state index in [9.17, 15) is 14.0 Å². The predicted octanol–water partition coefficient (Wildman–Crippen LogP) is 3.13. The number of carbonyl (C=O) groups excluding carboxylic acids is 2. The molecule has 0 aliphatic heterocycles. The van der Waals surface area contributed by atoms with Gasteiger partial charge in [-0.05, 0) is 24.3 Å². The van der Waals surface area contributed by atoms with Crippen molar-refractivity contribution in [1.82, 2.24) is 14.9 Å². The summed E-state index contributed by atoms with van der Waals surface area (Å²) in [5.74, 6) is -0.261. The van der Waals surface area contributed by atoms with Crippen LogP contribution in [0.5, 0.6) is 0 Å². The number of nitrogens with one attached hydrogen (secondary N) is 2. The second-order valence-corrected chi connectivity index (χ2v) is 6.83. The summed E-state index contributed by atoms with van der Waals surface area (Å²) in [5.41, 5.74) is 1.73. The fourth-order valence-electron chi connectivity index (χ4n) is 2.89. The van der Waals surface area contributed by atoms with Crippen LogP contribution < -0.4 is 10.6 Å². The molecular formula is C21H23FN4O2. The van der Waals surface area contributed by atoms with Crippen molar-refractivity contribution >= 4 is 28.5 Å². The number of hydrogen-bond donors (Lipinski definition) is 2. The first kappa shape index (κ1) is 19.5. The largest absolute Gasteiger partial charge is 0.355 e. The van der Waals surface area contributed by atoms with Crippen molar-refractivity contribution in [1.29, 1.82) is 0 Å². The van der Waals surface area contributed by atoms with Crippen molar-refractivity contribution in [2.75, 3.05) is 11.9 Å². The van der Waals surface area contributed by atoms with E-state index >= 15 is 0 Å². The van der Waals surface area contributed by atoms with Crippen LogP contribution in [0.15, 0.2) is 48.5 Å². The van der Waals surface area contributed by atoms with Gasteiger partial charge in [0.05, 0.1) is 16.7 Å². The highest BCUT2D eigenvalue weighted by Crippen LogP contribution is 2.18. The van der Waals surface area contributed by atoms with Gasteiger partial charge in [-0.3, -0.25) is 9.59 Å². The first-order chi connectivity index (χ1) is 13.5. The smallest absolute Gasteiger partial charge is 0.244 e. The summed E-state index contributed by atoms with van der Waals surface area (Å²) in [6, 6.07) is 13.5. The Bertz CT molecular complexity index is 997. The summed E-state index contributed by atoms with van der Waals surface area (Å²) in [4.78, 5) is 28.9. The molecule has 0 bridgehead atoms. The van der Waals surface area contributed by atoms with Crippen molar-refractivity contribution in [3.63, 3.8) is 0 Å². The Balaban J connectivity index is 1.77. The third kappa shape index (κ3) is 4.54. The van der Waals surface area contributed by atoms with Crippen LogP contribution in [0.25, 0.3) is 11.0 Å². The van der Waals surface area contributed by atoms with Crippen molar-refractivity contribution in [3.8, 4) is 0 Å². The lowest BCUT2D eigenvalue weighted by Crippen LogP contribution is -2.30. The highest BCUT2D eigenvalue weighted by molar-refractivity contribution is 5.91. The molecule has 2 amide bonds. The lowest BCUT2D eigenvalue weighted by atomic mass is 10.2. The van der Waals surface area contributed by atoms with Gasteiger partial charge in [0.1, 0.15) is 18.2 Å². The van der Waals surface area contributed by atoms with Crippen LogP contribution in [-0.2, 0) is 22.6 Å². The summed E-state index contributed by atoms with van der Waals surface area (Å²) >= 11 is 0. The molecule has 0 aliphatic carbocycles. The molecule has 0 saturated carbocycles. The topological polar surface area (TPSA) is 76.0 Å². The van der Waals surface area contributed by atoms with E-state index < -0.39 is 5.82 Å². The van der Waals surface area contributed by atoms with E-state index in [-0.39, 0.29) is 30.0 Å². The van der Waals surface area contributed by atoms with Gasteiger partial charge in [0.2, 0.25) is 11.8 Å². The quantitative estimate of drug-likeness (QED) is 0.659. The minimum absolute atomic E-state index is 0.00229. The normalized spacial score (nSPS) is 11.0. The summed E-state index contributed by atoms with van der Waals surface area (Å²) in [5, 5.41) is 5.46. The van der Waals surface area contributed by atoms with Crippen LogP contribution in [0.1, 0.15) is 19.7 Å². The number of carbonyl (C=O) groups is 2. The summed E-state index contributed by atoms with van der Waals surface area (Å²) in [6.07, 6.45) is 0.486. The first-order valence-electron chi connectivity index (χ1n) is 9.22. The van der Waals surface area contributed by atoms with E-state index in [0.717, 1.165) is 11.0 Å². The molecule has 2 aromatic carbocycles. The number of halogens is 1. The molecule has 28 heavy (non-hydrogen) atoms. The molecule has 3 rings (SSSR count). The Kier molecular flexibility index (Phi) is 6.03. The Morgan fingerprint density at radius 3 is 2.57 bits per heavy atom. The number of nitrogens with zero attached hydrogens (tertiary/aromatic N) is 2. The van der Waals surface area contributed by atoms with Crippen molar-refractivity contribution in [2.24, 2.45) is 5.92 Å². The van der Waals surface area contributed by atoms with E-state index in [0.29, 0.717) is 18.8 Å². The zero-order valence-electron chi connectivity index (χ0n) is 15.9. The third-order valence-corrected chi connectivity index (χ3v) is 4.36. The highest BCUT2D eigenvalue weighted by Gasteiger charge is 2.15. The van der Waals surface area contributed by atoms with Gasteiger partial charge >= 0.3 is 0 Å². The van der Waals surface area contributed by atoms with Gasteiger partial charge < -0.3 is 15.2 Å². The Morgan fingerprint density at radius 2 is 1.82 bits per heavy atom. The Hall–Kier alpha value is -3.22. The van der Waals surface area contributed by atoms with Gasteiger partial charge in [-0.2, -0.15) is 0 Å². The summed E-state index contributed by atoms with van der Waals surface area (Å²) in [6.45, 7) is 4.09. The molecule has 0 unspecified atom stereocenters. The number of anilines is 1. The number of para-hydroxylation sites is 3. The summed E-state index contributed by atoms with van der Waals surface area (Å²) in [7, 11) is 0. The molecule has 0 fully saturated rings. The molecule has 0 saturated heterocycles. The van der Waals surface area contributed by atoms with E-state index in [1.807, 2.05) is 38.1 Å².